The van der Waals surface area contributed by atoms with Crippen LogP contribution in [0.4, 0.5) is 0 Å². The number of hydrogen-bond acceptors (Lipinski definition) is 6. The van der Waals surface area contributed by atoms with Crippen molar-refractivity contribution in [3.8, 4) is 0 Å². The molecule has 37 heavy (non-hydrogen) atoms. The van der Waals surface area contributed by atoms with Gasteiger partial charge in [0.15, 0.2) is 0 Å². The van der Waals surface area contributed by atoms with Gasteiger partial charge in [0.2, 0.25) is 0 Å². The van der Waals surface area contributed by atoms with Crippen LogP contribution in [0.5, 0.6) is 0 Å². The lowest BCUT2D eigenvalue weighted by Gasteiger charge is -2.43. The highest BCUT2D eigenvalue weighted by Gasteiger charge is 2.47. The van der Waals surface area contributed by atoms with E-state index in [4.69, 9.17) is 24.5 Å². The van der Waals surface area contributed by atoms with Crippen molar-refractivity contribution in [1.82, 2.24) is 0 Å². The number of nitrogens with zero attached hydrogens (tertiary/aromatic N) is 6. The third-order valence-corrected chi connectivity index (χ3v) is 5.95. The molecule has 0 unspecified atom stereocenters. The molecular weight excluding hydrogens is 472 g/mol. The number of benzene rings is 3. The normalized spacial score (nSPS) is 23.0. The monoisotopic (exact) mass is 500 g/mol. The molecule has 0 bridgehead atoms. The van der Waals surface area contributed by atoms with Gasteiger partial charge in [0.1, 0.15) is 18.4 Å². The topological polar surface area (TPSA) is 134 Å². The minimum Gasteiger partial charge on any atom is -0.374 e. The SMILES string of the molecule is [N-]=[N+]=N[C@H]1[C@@H](OCc2ccccc2)[C@H](OCc2ccccc2)[C@@H](COCc2ccccc2)O[C@@H]1N=[N+]=[N-]. The van der Waals surface area contributed by atoms with Gasteiger partial charge in [-0.15, -0.1) is 0 Å². The van der Waals surface area contributed by atoms with Crippen LogP contribution in [0.25, 0.3) is 20.9 Å². The first-order valence-corrected chi connectivity index (χ1v) is 11.9. The summed E-state index contributed by atoms with van der Waals surface area (Å²) < 4.78 is 24.7. The van der Waals surface area contributed by atoms with E-state index >= 15 is 0 Å². The van der Waals surface area contributed by atoms with Crippen LogP contribution in [0, 0.1) is 0 Å². The van der Waals surface area contributed by atoms with Crippen LogP contribution in [0.1, 0.15) is 16.7 Å². The molecule has 0 amide bonds. The Kier molecular flexibility index (Phi) is 9.92. The fourth-order valence-corrected chi connectivity index (χ4v) is 4.16. The number of hydrogen-bond donors (Lipinski definition) is 0. The average Bonchev–Trinajstić information content (AvgIpc) is 2.94. The van der Waals surface area contributed by atoms with Gasteiger partial charge in [0.05, 0.1) is 38.6 Å². The predicted molar refractivity (Wildman–Crippen MR) is 137 cm³/mol. The molecule has 190 valence electrons. The molecule has 1 aliphatic heterocycles. The molecule has 0 N–H and O–H groups in total. The third-order valence-electron chi connectivity index (χ3n) is 5.95. The minimum absolute atomic E-state index is 0.153. The van der Waals surface area contributed by atoms with Crippen LogP contribution in [0.2, 0.25) is 0 Å². The summed E-state index contributed by atoms with van der Waals surface area (Å²) in [6.45, 7) is 1.05. The van der Waals surface area contributed by atoms with E-state index in [-0.39, 0.29) is 19.8 Å². The second-order valence-electron chi connectivity index (χ2n) is 8.49. The molecule has 10 heteroatoms. The molecule has 4 rings (SSSR count). The quantitative estimate of drug-likeness (QED) is 0.169. The molecule has 10 nitrogen and oxygen atoms in total. The molecule has 1 fully saturated rings. The molecule has 1 aliphatic rings. The van der Waals surface area contributed by atoms with Crippen LogP contribution < -0.4 is 0 Å². The Hall–Kier alpha value is -3.88. The first kappa shape index (κ1) is 26.2. The van der Waals surface area contributed by atoms with E-state index < -0.39 is 30.6 Å². The van der Waals surface area contributed by atoms with E-state index in [9.17, 15) is 5.53 Å². The summed E-state index contributed by atoms with van der Waals surface area (Å²) in [7, 11) is 0. The van der Waals surface area contributed by atoms with Crippen molar-refractivity contribution >= 4 is 0 Å². The third kappa shape index (κ3) is 7.55. The largest absolute Gasteiger partial charge is 0.374 e. The van der Waals surface area contributed by atoms with Crippen molar-refractivity contribution in [1.29, 1.82) is 0 Å². The van der Waals surface area contributed by atoms with Gasteiger partial charge in [-0.3, -0.25) is 0 Å². The van der Waals surface area contributed by atoms with Crippen molar-refractivity contribution in [3.05, 3.63) is 129 Å². The van der Waals surface area contributed by atoms with Crippen LogP contribution >= 0.6 is 0 Å². The van der Waals surface area contributed by atoms with E-state index in [2.05, 4.69) is 20.1 Å². The Labute approximate surface area is 215 Å². The Morgan fingerprint density at radius 2 is 1.14 bits per heavy atom. The second kappa shape index (κ2) is 14.0. The van der Waals surface area contributed by atoms with Crippen molar-refractivity contribution in [3.63, 3.8) is 0 Å². The molecule has 3 aromatic rings. The summed E-state index contributed by atoms with van der Waals surface area (Å²) in [6.07, 6.45) is -3.15. The second-order valence-corrected chi connectivity index (χ2v) is 8.49. The summed E-state index contributed by atoms with van der Waals surface area (Å²) in [5.74, 6) is 0. The maximum absolute atomic E-state index is 9.28. The Bertz CT molecular complexity index is 1190. The van der Waals surface area contributed by atoms with E-state index in [1.807, 2.05) is 91.0 Å². The highest BCUT2D eigenvalue weighted by Crippen LogP contribution is 2.31. The number of azide groups is 2. The van der Waals surface area contributed by atoms with Crippen molar-refractivity contribution in [2.75, 3.05) is 6.61 Å². The fourth-order valence-electron chi connectivity index (χ4n) is 4.16. The summed E-state index contributed by atoms with van der Waals surface area (Å²) in [5.41, 5.74) is 21.4. The highest BCUT2D eigenvalue weighted by molar-refractivity contribution is 5.15. The van der Waals surface area contributed by atoms with Gasteiger partial charge in [-0.1, -0.05) is 101 Å². The molecule has 0 radical (unpaired) electrons. The first-order chi connectivity index (χ1) is 18.3. The van der Waals surface area contributed by atoms with Crippen LogP contribution in [0.3, 0.4) is 0 Å². The van der Waals surface area contributed by atoms with Gasteiger partial charge in [-0.25, -0.2) is 0 Å². The first-order valence-electron chi connectivity index (χ1n) is 11.9. The Morgan fingerprint density at radius 1 is 0.649 bits per heavy atom. The summed E-state index contributed by atoms with van der Waals surface area (Å²) in [5, 5.41) is 7.65. The Balaban J connectivity index is 1.58. The van der Waals surface area contributed by atoms with Gasteiger partial charge in [-0.05, 0) is 27.8 Å². The van der Waals surface area contributed by atoms with E-state index in [1.54, 1.807) is 0 Å². The minimum atomic E-state index is -1.08. The zero-order chi connectivity index (χ0) is 25.7. The molecule has 0 aliphatic carbocycles. The van der Waals surface area contributed by atoms with E-state index in [0.29, 0.717) is 6.61 Å². The van der Waals surface area contributed by atoms with Crippen molar-refractivity contribution in [2.45, 2.75) is 50.4 Å². The molecule has 1 heterocycles. The van der Waals surface area contributed by atoms with Crippen molar-refractivity contribution in [2.24, 2.45) is 10.2 Å². The molecule has 5 atom stereocenters. The van der Waals surface area contributed by atoms with Gasteiger partial charge in [0, 0.05) is 9.82 Å². The van der Waals surface area contributed by atoms with Gasteiger partial charge in [-0.2, -0.15) is 0 Å². The average molecular weight is 501 g/mol. The van der Waals surface area contributed by atoms with Gasteiger partial charge < -0.3 is 18.9 Å². The molecule has 1 saturated heterocycles. The van der Waals surface area contributed by atoms with E-state index in [1.165, 1.54) is 0 Å². The zero-order valence-corrected chi connectivity index (χ0v) is 20.2. The maximum Gasteiger partial charge on any atom is 0.148 e. The van der Waals surface area contributed by atoms with Gasteiger partial charge >= 0.3 is 0 Å². The number of rotatable bonds is 12. The van der Waals surface area contributed by atoms with Gasteiger partial charge in [0.25, 0.3) is 0 Å². The van der Waals surface area contributed by atoms with Crippen LogP contribution in [0.15, 0.2) is 101 Å². The predicted octanol–water partition coefficient (Wildman–Crippen LogP) is 6.09. The van der Waals surface area contributed by atoms with Crippen LogP contribution in [-0.4, -0.2) is 37.2 Å². The lowest BCUT2D eigenvalue weighted by Crippen LogP contribution is -2.59. The summed E-state index contributed by atoms with van der Waals surface area (Å²) >= 11 is 0. The highest BCUT2D eigenvalue weighted by atomic mass is 16.6. The zero-order valence-electron chi connectivity index (χ0n) is 20.2. The molecule has 3 aromatic carbocycles. The Morgan fingerprint density at radius 3 is 1.65 bits per heavy atom. The molecule has 0 spiro atoms. The lowest BCUT2D eigenvalue weighted by atomic mass is 9.96. The lowest BCUT2D eigenvalue weighted by molar-refractivity contribution is -0.226. The standard InChI is InChI=1S/C27H28N6O4/c28-32-30-24-26(36-18-22-14-8-3-9-15-22)25(35-17-21-12-6-2-7-13-21)23(37-27(24)31-33-29)19-34-16-20-10-4-1-5-11-20/h1-15,23-27H,16-19H2/t23-,24+,25-,26-,27+/m1/s1. The van der Waals surface area contributed by atoms with E-state index in [0.717, 1.165) is 16.7 Å². The molecule has 0 aromatic heterocycles. The van der Waals surface area contributed by atoms with Crippen molar-refractivity contribution < 1.29 is 18.9 Å². The fraction of sp³-hybridized carbons (Fsp3) is 0.333. The van der Waals surface area contributed by atoms with Crippen LogP contribution in [-0.2, 0) is 38.8 Å². The maximum atomic E-state index is 9.28. The number of ether oxygens (including phenoxy) is 4. The smallest absolute Gasteiger partial charge is 0.148 e. The summed E-state index contributed by atoms with van der Waals surface area (Å²) in [6, 6.07) is 28.2. The molecule has 0 saturated carbocycles. The molecular formula is C27H28N6O4. The summed E-state index contributed by atoms with van der Waals surface area (Å²) in [4.78, 5) is 5.88.